The number of nitrogens with one attached hydrogen (secondary N) is 2. The summed E-state index contributed by atoms with van der Waals surface area (Å²) in [7, 11) is 4.59. The molecule has 47 heavy (non-hydrogen) atoms. The lowest BCUT2D eigenvalue weighted by molar-refractivity contribution is -0.168. The Bertz CT molecular complexity index is 1610. The molecule has 0 bridgehead atoms. The molecule has 1 aliphatic heterocycles. The quantitative estimate of drug-likeness (QED) is 0.181. The van der Waals surface area contributed by atoms with Gasteiger partial charge in [0.25, 0.3) is 0 Å². The van der Waals surface area contributed by atoms with E-state index in [0.29, 0.717) is 12.2 Å². The van der Waals surface area contributed by atoms with Crippen LogP contribution in [0.5, 0.6) is 0 Å². The first kappa shape index (κ1) is 35.4. The number of hydrogen-bond donors (Lipinski definition) is 2. The van der Waals surface area contributed by atoms with Crippen LogP contribution in [0.4, 0.5) is 35.0 Å². The Balaban J connectivity index is 1.54. The number of aromatic nitrogens is 2. The molecule has 2 aromatic carbocycles. The number of aryl methyl sites for hydroxylation is 1. The maximum absolute atomic E-state index is 14.0. The van der Waals surface area contributed by atoms with E-state index >= 15 is 0 Å². The summed E-state index contributed by atoms with van der Waals surface area (Å²) in [5.74, 6) is -1.44. The van der Waals surface area contributed by atoms with E-state index in [1.807, 2.05) is 0 Å². The predicted molar refractivity (Wildman–Crippen MR) is 170 cm³/mol. The molecule has 4 rings (SSSR count). The van der Waals surface area contributed by atoms with E-state index in [1.165, 1.54) is 19.0 Å². The molecule has 0 spiro atoms. The molecule has 1 unspecified atom stereocenters. The third-order valence-electron chi connectivity index (χ3n) is 7.19. The average molecular weight is 660 g/mol. The third-order valence-corrected chi connectivity index (χ3v) is 7.19. The van der Waals surface area contributed by atoms with Gasteiger partial charge in [-0.3, -0.25) is 19.6 Å². The van der Waals surface area contributed by atoms with Crippen LogP contribution < -0.4 is 15.5 Å². The zero-order valence-electron chi connectivity index (χ0n) is 27.3. The van der Waals surface area contributed by atoms with Gasteiger partial charge in [-0.05, 0) is 58.2 Å². The number of benzene rings is 2. The average Bonchev–Trinajstić information content (AvgIpc) is 3.35. The van der Waals surface area contributed by atoms with Gasteiger partial charge in [-0.15, -0.1) is 0 Å². The number of alkyl halides is 3. The van der Waals surface area contributed by atoms with Crippen molar-refractivity contribution in [3.05, 3.63) is 59.3 Å². The number of amides is 2. The molecule has 0 saturated carbocycles. The number of carbonyl (C=O) groups is 3. The minimum absolute atomic E-state index is 0.136. The summed E-state index contributed by atoms with van der Waals surface area (Å²) in [5.41, 5.74) is -0.278. The van der Waals surface area contributed by atoms with Crippen molar-refractivity contribution in [1.29, 1.82) is 0 Å². The number of ketones is 1. The first-order valence-corrected chi connectivity index (χ1v) is 15.1. The Hall–Kier alpha value is -4.43. The lowest BCUT2D eigenvalue weighted by Gasteiger charge is -2.24. The summed E-state index contributed by atoms with van der Waals surface area (Å²) in [6, 6.07) is 8.44. The van der Waals surface area contributed by atoms with Crippen LogP contribution in [0.25, 0.3) is 11.3 Å². The Morgan fingerprint density at radius 2 is 1.79 bits per heavy atom. The van der Waals surface area contributed by atoms with Gasteiger partial charge in [-0.2, -0.15) is 18.3 Å². The highest BCUT2D eigenvalue weighted by atomic mass is 19.4. The molecule has 3 aromatic rings. The number of nitrogens with zero attached hydrogens (tertiary/aromatic N) is 3. The van der Waals surface area contributed by atoms with Crippen molar-refractivity contribution >= 4 is 34.8 Å². The van der Waals surface area contributed by atoms with Gasteiger partial charge < -0.3 is 24.4 Å². The molecule has 1 aliphatic rings. The highest BCUT2D eigenvalue weighted by Crippen LogP contribution is 2.41. The van der Waals surface area contributed by atoms with Crippen molar-refractivity contribution in [3.63, 3.8) is 0 Å². The minimum atomic E-state index is -4.78. The molecule has 2 amide bonds. The number of halogens is 3. The zero-order chi connectivity index (χ0) is 34.5. The molecule has 0 radical (unpaired) electrons. The van der Waals surface area contributed by atoms with Gasteiger partial charge >= 0.3 is 12.3 Å². The zero-order valence-corrected chi connectivity index (χ0v) is 27.3. The van der Waals surface area contributed by atoms with E-state index in [2.05, 4.69) is 15.7 Å². The lowest BCUT2D eigenvalue weighted by atomic mass is 10.0. The minimum Gasteiger partial charge on any atom is -0.444 e. The Labute approximate surface area is 271 Å². The number of Topliss-reactive ketones (excluding diaryl/α,β-unsaturated/α-hetero) is 1. The van der Waals surface area contributed by atoms with Crippen molar-refractivity contribution in [2.24, 2.45) is 7.05 Å². The van der Waals surface area contributed by atoms with Crippen LogP contribution >= 0.6 is 0 Å². The van der Waals surface area contributed by atoms with E-state index in [4.69, 9.17) is 14.2 Å². The molecule has 0 aliphatic carbocycles. The fraction of sp³-hybridized carbons (Fsp3) is 0.455. The topological polar surface area (TPSA) is 124 Å². The monoisotopic (exact) mass is 659 g/mol. The second-order valence-corrected chi connectivity index (χ2v) is 12.4. The third kappa shape index (κ3) is 9.55. The molecule has 254 valence electrons. The standard InChI is InChI=1S/C33H40F3N5O6/c1-32(2,3)47-31(44)39-25-16-26(40(4)5)23(33(34,35)36)15-24(25)38-28(43)17-27(42)20-10-9-11-21(14-20)30-22(18-37-41(30)6)19-46-29-12-7-8-13-45-29/h9-11,14-16,18,29H,7-8,12-13,17,19H2,1-6H3,(H,38,43)(H,39,44). The van der Waals surface area contributed by atoms with Crippen LogP contribution in [-0.4, -0.2) is 60.2 Å². The fourth-order valence-electron chi connectivity index (χ4n) is 5.07. The largest absolute Gasteiger partial charge is 0.444 e. The summed E-state index contributed by atoms with van der Waals surface area (Å²) >= 11 is 0. The van der Waals surface area contributed by atoms with Crippen molar-refractivity contribution in [2.45, 2.75) is 71.1 Å². The molecule has 1 atom stereocenters. The number of carbonyl (C=O) groups excluding carboxylic acids is 3. The van der Waals surface area contributed by atoms with Gasteiger partial charge in [0.1, 0.15) is 5.60 Å². The summed E-state index contributed by atoms with van der Waals surface area (Å²) < 4.78 is 60.5. The van der Waals surface area contributed by atoms with Crippen molar-refractivity contribution in [3.8, 4) is 11.3 Å². The van der Waals surface area contributed by atoms with Crippen LogP contribution in [0.2, 0.25) is 0 Å². The van der Waals surface area contributed by atoms with E-state index in [9.17, 15) is 27.6 Å². The first-order chi connectivity index (χ1) is 22.0. The SMILES string of the molecule is CN(C)c1cc(NC(=O)OC(C)(C)C)c(NC(=O)CC(=O)c2cccc(-c3c(COC4CCCCO4)cnn3C)c2)cc1C(F)(F)F. The molecule has 2 heterocycles. The van der Waals surface area contributed by atoms with Gasteiger partial charge in [-0.1, -0.05) is 18.2 Å². The Morgan fingerprint density at radius 1 is 1.06 bits per heavy atom. The van der Waals surface area contributed by atoms with Crippen LogP contribution in [0, 0.1) is 0 Å². The molecular weight excluding hydrogens is 619 g/mol. The van der Waals surface area contributed by atoms with E-state index < -0.39 is 41.5 Å². The number of hydrogen-bond acceptors (Lipinski definition) is 8. The summed E-state index contributed by atoms with van der Waals surface area (Å²) in [6.07, 6.45) is -2.18. The Morgan fingerprint density at radius 3 is 2.43 bits per heavy atom. The molecule has 1 saturated heterocycles. The summed E-state index contributed by atoms with van der Waals surface area (Å²) in [6.45, 7) is 5.78. The highest BCUT2D eigenvalue weighted by Gasteiger charge is 2.36. The number of rotatable bonds is 10. The molecular formula is C33H40F3N5O6. The first-order valence-electron chi connectivity index (χ1n) is 15.1. The smallest absolute Gasteiger partial charge is 0.418 e. The van der Waals surface area contributed by atoms with E-state index in [1.54, 1.807) is 63.0 Å². The molecule has 1 aromatic heterocycles. The second-order valence-electron chi connectivity index (χ2n) is 12.4. The number of anilines is 3. The highest BCUT2D eigenvalue weighted by molar-refractivity contribution is 6.12. The fourth-order valence-corrected chi connectivity index (χ4v) is 5.07. The lowest BCUT2D eigenvalue weighted by Crippen LogP contribution is -2.28. The van der Waals surface area contributed by atoms with Crippen LogP contribution in [-0.2, 0) is 38.8 Å². The van der Waals surface area contributed by atoms with Crippen LogP contribution in [0.3, 0.4) is 0 Å². The summed E-state index contributed by atoms with van der Waals surface area (Å²) in [4.78, 5) is 40.1. The van der Waals surface area contributed by atoms with Crippen molar-refractivity contribution in [2.75, 3.05) is 36.2 Å². The molecule has 2 N–H and O–H groups in total. The molecule has 14 heteroatoms. The number of ether oxygens (including phenoxy) is 3. The molecule has 11 nitrogen and oxygen atoms in total. The maximum atomic E-state index is 14.0. The predicted octanol–water partition coefficient (Wildman–Crippen LogP) is 6.77. The van der Waals surface area contributed by atoms with Crippen molar-refractivity contribution < 1.29 is 41.8 Å². The second kappa shape index (κ2) is 14.6. The van der Waals surface area contributed by atoms with Crippen LogP contribution in [0.15, 0.2) is 42.6 Å². The van der Waals surface area contributed by atoms with Gasteiger partial charge in [-0.25, -0.2) is 4.79 Å². The van der Waals surface area contributed by atoms with E-state index in [0.717, 1.165) is 42.7 Å². The van der Waals surface area contributed by atoms with Gasteiger partial charge in [0.2, 0.25) is 5.91 Å². The molecule has 1 fully saturated rings. The van der Waals surface area contributed by atoms with Gasteiger partial charge in [0.15, 0.2) is 12.1 Å². The van der Waals surface area contributed by atoms with Crippen molar-refractivity contribution in [1.82, 2.24) is 9.78 Å². The summed E-state index contributed by atoms with van der Waals surface area (Å²) in [5, 5.41) is 9.13. The Kier molecular flexibility index (Phi) is 11.0. The van der Waals surface area contributed by atoms with Gasteiger partial charge in [0, 0.05) is 44.4 Å². The maximum Gasteiger partial charge on any atom is 0.418 e. The normalized spacial score (nSPS) is 15.2. The van der Waals surface area contributed by atoms with Gasteiger partial charge in [0.05, 0.1) is 47.5 Å². The van der Waals surface area contributed by atoms with E-state index in [-0.39, 0.29) is 35.5 Å². The van der Waals surface area contributed by atoms with Crippen LogP contribution in [0.1, 0.15) is 67.9 Å².